The molecule has 0 aliphatic rings. The lowest BCUT2D eigenvalue weighted by Gasteiger charge is -2.11. The molecule has 0 spiro atoms. The first-order chi connectivity index (χ1) is 6.86. The van der Waals surface area contributed by atoms with E-state index in [9.17, 15) is 13.2 Å². The van der Waals surface area contributed by atoms with Crippen molar-refractivity contribution < 1.29 is 18.3 Å². The molecule has 0 fully saturated rings. The molecule has 0 saturated heterocycles. The summed E-state index contributed by atoms with van der Waals surface area (Å²) >= 11 is 0. The highest BCUT2D eigenvalue weighted by Crippen LogP contribution is 1.99. The second-order valence-electron chi connectivity index (χ2n) is 3.39. The summed E-state index contributed by atoms with van der Waals surface area (Å²) in [4.78, 5) is 10.2. The number of carboxylic acids is 1. The van der Waals surface area contributed by atoms with Crippen LogP contribution in [0.2, 0.25) is 0 Å². The van der Waals surface area contributed by atoms with E-state index in [1.807, 2.05) is 0 Å². The zero-order valence-electron chi connectivity index (χ0n) is 9.06. The van der Waals surface area contributed by atoms with E-state index in [1.54, 1.807) is 0 Å². The Morgan fingerprint density at radius 3 is 2.33 bits per heavy atom. The second-order valence-corrected chi connectivity index (χ2v) is 5.36. The first kappa shape index (κ1) is 14.3. The number of rotatable bonds is 8. The largest absolute Gasteiger partial charge is 0.481 e. The van der Waals surface area contributed by atoms with Crippen molar-refractivity contribution in [1.82, 2.24) is 9.03 Å². The van der Waals surface area contributed by atoms with Gasteiger partial charge in [0.2, 0.25) is 0 Å². The standard InChI is InChI=1S/C8H18N2O4S/c1-10(2)15(13,14)9-7-5-3-4-6-8(11)12/h9H,3-7H2,1-2H3,(H,11,12). The van der Waals surface area contributed by atoms with Crippen LogP contribution in [0.1, 0.15) is 25.7 Å². The number of hydrogen-bond acceptors (Lipinski definition) is 3. The van der Waals surface area contributed by atoms with Crippen LogP contribution in [0.4, 0.5) is 0 Å². The van der Waals surface area contributed by atoms with E-state index in [0.29, 0.717) is 25.8 Å². The zero-order chi connectivity index (χ0) is 11.9. The minimum absolute atomic E-state index is 0.139. The predicted molar refractivity (Wildman–Crippen MR) is 56.7 cm³/mol. The maximum atomic E-state index is 11.2. The fourth-order valence-corrected chi connectivity index (χ4v) is 1.57. The fourth-order valence-electron chi connectivity index (χ4n) is 0.908. The Balaban J connectivity index is 3.51. The SMILES string of the molecule is CN(C)S(=O)(=O)NCCCCCC(=O)O. The Hall–Kier alpha value is -0.660. The van der Waals surface area contributed by atoms with Crippen LogP contribution >= 0.6 is 0 Å². The van der Waals surface area contributed by atoms with Crippen molar-refractivity contribution in [2.24, 2.45) is 0 Å². The second kappa shape index (κ2) is 6.76. The Bertz CT molecular complexity index is 287. The highest BCUT2D eigenvalue weighted by molar-refractivity contribution is 7.87. The van der Waals surface area contributed by atoms with E-state index in [-0.39, 0.29) is 6.42 Å². The van der Waals surface area contributed by atoms with Crippen molar-refractivity contribution in [3.8, 4) is 0 Å². The van der Waals surface area contributed by atoms with Crippen LogP contribution in [0.25, 0.3) is 0 Å². The molecule has 0 amide bonds. The zero-order valence-corrected chi connectivity index (χ0v) is 9.88. The molecule has 0 aromatic heterocycles. The first-order valence-electron chi connectivity index (χ1n) is 4.75. The highest BCUT2D eigenvalue weighted by Gasteiger charge is 2.10. The molecule has 90 valence electrons. The van der Waals surface area contributed by atoms with Gasteiger partial charge in [0.25, 0.3) is 10.2 Å². The van der Waals surface area contributed by atoms with Crippen LogP contribution in [0, 0.1) is 0 Å². The minimum Gasteiger partial charge on any atom is -0.481 e. The van der Waals surface area contributed by atoms with E-state index in [4.69, 9.17) is 5.11 Å². The highest BCUT2D eigenvalue weighted by atomic mass is 32.2. The van der Waals surface area contributed by atoms with Gasteiger partial charge < -0.3 is 5.11 Å². The van der Waals surface area contributed by atoms with Gasteiger partial charge in [0.15, 0.2) is 0 Å². The first-order valence-corrected chi connectivity index (χ1v) is 6.19. The molecule has 0 aromatic rings. The van der Waals surface area contributed by atoms with Gasteiger partial charge in [0.1, 0.15) is 0 Å². The van der Waals surface area contributed by atoms with Crippen molar-refractivity contribution in [2.75, 3.05) is 20.6 Å². The van der Waals surface area contributed by atoms with Gasteiger partial charge in [-0.3, -0.25) is 4.79 Å². The molecular weight excluding hydrogens is 220 g/mol. The van der Waals surface area contributed by atoms with Gasteiger partial charge in [0.05, 0.1) is 0 Å². The molecule has 2 N–H and O–H groups in total. The number of carboxylic acid groups (broad SMARTS) is 1. The number of aliphatic carboxylic acids is 1. The summed E-state index contributed by atoms with van der Waals surface area (Å²) in [5.41, 5.74) is 0. The summed E-state index contributed by atoms with van der Waals surface area (Å²) < 4.78 is 25.9. The lowest BCUT2D eigenvalue weighted by Crippen LogP contribution is -2.36. The van der Waals surface area contributed by atoms with Gasteiger partial charge in [-0.2, -0.15) is 12.7 Å². The molecule has 0 aliphatic heterocycles. The van der Waals surface area contributed by atoms with E-state index in [0.717, 1.165) is 4.31 Å². The molecular formula is C8H18N2O4S. The molecule has 0 atom stereocenters. The summed E-state index contributed by atoms with van der Waals surface area (Å²) in [7, 11) is -0.432. The smallest absolute Gasteiger partial charge is 0.303 e. The van der Waals surface area contributed by atoms with Gasteiger partial charge >= 0.3 is 5.97 Å². The average Bonchev–Trinajstić information content (AvgIpc) is 2.10. The topological polar surface area (TPSA) is 86.7 Å². The third-order valence-corrected chi connectivity index (χ3v) is 3.36. The fraction of sp³-hybridized carbons (Fsp3) is 0.875. The van der Waals surface area contributed by atoms with E-state index >= 15 is 0 Å². The van der Waals surface area contributed by atoms with Crippen molar-refractivity contribution in [1.29, 1.82) is 0 Å². The molecule has 0 aromatic carbocycles. The molecule has 0 bridgehead atoms. The molecule has 0 heterocycles. The maximum absolute atomic E-state index is 11.2. The lowest BCUT2D eigenvalue weighted by molar-refractivity contribution is -0.137. The Labute approximate surface area is 90.5 Å². The number of nitrogens with one attached hydrogen (secondary N) is 1. The van der Waals surface area contributed by atoms with Gasteiger partial charge in [-0.15, -0.1) is 0 Å². The van der Waals surface area contributed by atoms with Crippen LogP contribution in [-0.4, -0.2) is 44.4 Å². The van der Waals surface area contributed by atoms with Gasteiger partial charge in [-0.1, -0.05) is 6.42 Å². The van der Waals surface area contributed by atoms with Crippen molar-refractivity contribution in [3.05, 3.63) is 0 Å². The molecule has 0 aliphatic carbocycles. The Morgan fingerprint density at radius 2 is 1.87 bits per heavy atom. The quantitative estimate of drug-likeness (QED) is 0.584. The molecule has 0 radical (unpaired) electrons. The van der Waals surface area contributed by atoms with Crippen molar-refractivity contribution in [3.63, 3.8) is 0 Å². The third-order valence-electron chi connectivity index (χ3n) is 1.83. The van der Waals surface area contributed by atoms with Crippen LogP contribution in [-0.2, 0) is 15.0 Å². The minimum atomic E-state index is -3.33. The number of carbonyl (C=O) groups is 1. The van der Waals surface area contributed by atoms with Crippen molar-refractivity contribution >= 4 is 16.2 Å². The molecule has 0 unspecified atom stereocenters. The molecule has 6 nitrogen and oxygen atoms in total. The summed E-state index contributed by atoms with van der Waals surface area (Å²) in [5, 5.41) is 8.35. The maximum Gasteiger partial charge on any atom is 0.303 e. The summed E-state index contributed by atoms with van der Waals surface area (Å²) in [5.74, 6) is -0.816. The van der Waals surface area contributed by atoms with E-state index in [1.165, 1.54) is 14.1 Å². The Kier molecular flexibility index (Phi) is 6.46. The van der Waals surface area contributed by atoms with Gasteiger partial charge in [-0.05, 0) is 12.8 Å². The molecule has 0 rings (SSSR count). The Morgan fingerprint density at radius 1 is 1.27 bits per heavy atom. The van der Waals surface area contributed by atoms with Crippen LogP contribution in [0.15, 0.2) is 0 Å². The lowest BCUT2D eigenvalue weighted by atomic mass is 10.2. The molecule has 7 heteroatoms. The predicted octanol–water partition coefficient (Wildman–Crippen LogP) is 0.0274. The van der Waals surface area contributed by atoms with Crippen LogP contribution in [0.3, 0.4) is 0 Å². The average molecular weight is 238 g/mol. The summed E-state index contributed by atoms with van der Waals surface area (Å²) in [6.45, 7) is 0.347. The third kappa shape index (κ3) is 7.29. The number of hydrogen-bond donors (Lipinski definition) is 2. The van der Waals surface area contributed by atoms with Crippen LogP contribution < -0.4 is 4.72 Å². The van der Waals surface area contributed by atoms with E-state index < -0.39 is 16.2 Å². The van der Waals surface area contributed by atoms with Crippen molar-refractivity contribution in [2.45, 2.75) is 25.7 Å². The monoisotopic (exact) mass is 238 g/mol. The molecule has 0 saturated carbocycles. The number of nitrogens with zero attached hydrogens (tertiary/aromatic N) is 1. The normalized spacial score (nSPS) is 11.9. The summed E-state index contributed by atoms with van der Waals surface area (Å²) in [6, 6.07) is 0. The molecule has 15 heavy (non-hydrogen) atoms. The summed E-state index contributed by atoms with van der Waals surface area (Å²) in [6.07, 6.45) is 2.09. The number of unbranched alkanes of at least 4 members (excludes halogenated alkanes) is 2. The van der Waals surface area contributed by atoms with E-state index in [2.05, 4.69) is 4.72 Å². The van der Waals surface area contributed by atoms with Gasteiger partial charge in [-0.25, -0.2) is 4.72 Å². The van der Waals surface area contributed by atoms with Crippen LogP contribution in [0.5, 0.6) is 0 Å². The van der Waals surface area contributed by atoms with Gasteiger partial charge in [0, 0.05) is 27.1 Å².